The number of carbonyl (C=O) groups excluding carboxylic acids is 2. The van der Waals surface area contributed by atoms with E-state index < -0.39 is 18.1 Å². The van der Waals surface area contributed by atoms with Crippen LogP contribution in [0.25, 0.3) is 11.1 Å². The molecule has 0 aromatic heterocycles. The summed E-state index contributed by atoms with van der Waals surface area (Å²) in [5.74, 6) is -1.61. The van der Waals surface area contributed by atoms with Crippen LogP contribution in [0.15, 0.2) is 48.5 Å². The number of nitrogens with one attached hydrogen (secondary N) is 2. The minimum atomic E-state index is -1.20. The topological polar surface area (TPSA) is 105 Å². The van der Waals surface area contributed by atoms with Crippen molar-refractivity contribution in [3.63, 3.8) is 0 Å². The smallest absolute Gasteiger partial charge is 0.407 e. The van der Waals surface area contributed by atoms with Crippen molar-refractivity contribution in [1.82, 2.24) is 10.0 Å². The van der Waals surface area contributed by atoms with E-state index in [4.69, 9.17) is 4.74 Å². The van der Waals surface area contributed by atoms with Crippen molar-refractivity contribution in [2.24, 2.45) is 0 Å². The van der Waals surface area contributed by atoms with E-state index in [0.717, 1.165) is 34.2 Å². The van der Waals surface area contributed by atoms with Crippen LogP contribution < -0.4 is 10.0 Å². The molecule has 3 rings (SSSR count). The van der Waals surface area contributed by atoms with Gasteiger partial charge in [0.15, 0.2) is 0 Å². The monoisotopic (exact) mass is 400 g/mol. The zero-order valence-electron chi connectivity index (χ0n) is 15.2. The number of hydrogen-bond donors (Lipinski definition) is 3. The number of hydrogen-bond acceptors (Lipinski definition) is 5. The summed E-state index contributed by atoms with van der Waals surface area (Å²) in [7, 11) is 0. The Morgan fingerprint density at radius 1 is 1.07 bits per heavy atom. The van der Waals surface area contributed by atoms with E-state index in [-0.39, 0.29) is 24.2 Å². The van der Waals surface area contributed by atoms with E-state index in [1.807, 2.05) is 48.5 Å². The highest BCUT2D eigenvalue weighted by Crippen LogP contribution is 2.44. The largest absolute Gasteiger partial charge is 0.480 e. The van der Waals surface area contributed by atoms with E-state index >= 15 is 0 Å². The zero-order chi connectivity index (χ0) is 20.1. The van der Waals surface area contributed by atoms with Crippen molar-refractivity contribution in [1.29, 1.82) is 0 Å². The molecule has 0 spiro atoms. The standard InChI is InChI=1S/C20H20N2O5S/c1-12(23)22-28-11-18(19(24)25)21-20(26)27-10-17-15-8-4-2-6-13(15)14-7-3-5-9-16(14)17/h2-9,17-18H,10-11H2,1H3,(H,21,26)(H,22,23)(H,24,25)/t18-/m0/s1. The van der Waals surface area contributed by atoms with Crippen LogP contribution in [-0.2, 0) is 14.3 Å². The number of carbonyl (C=O) groups is 3. The van der Waals surface area contributed by atoms with Crippen molar-refractivity contribution >= 4 is 29.9 Å². The fourth-order valence-corrected chi connectivity index (χ4v) is 3.86. The van der Waals surface area contributed by atoms with Crippen LogP contribution in [0, 0.1) is 0 Å². The Balaban J connectivity index is 1.62. The summed E-state index contributed by atoms with van der Waals surface area (Å²) < 4.78 is 7.76. The highest BCUT2D eigenvalue weighted by atomic mass is 32.2. The average Bonchev–Trinajstić information content (AvgIpc) is 2.99. The van der Waals surface area contributed by atoms with Crippen LogP contribution in [0.3, 0.4) is 0 Å². The Morgan fingerprint density at radius 2 is 1.64 bits per heavy atom. The minimum Gasteiger partial charge on any atom is -0.480 e. The third-order valence-corrected chi connectivity index (χ3v) is 5.33. The highest BCUT2D eigenvalue weighted by molar-refractivity contribution is 7.98. The van der Waals surface area contributed by atoms with Gasteiger partial charge in [-0.2, -0.15) is 0 Å². The maximum atomic E-state index is 12.1. The molecule has 2 aromatic carbocycles. The first kappa shape index (κ1) is 19.8. The first-order valence-corrected chi connectivity index (χ1v) is 9.68. The Morgan fingerprint density at radius 3 is 2.18 bits per heavy atom. The van der Waals surface area contributed by atoms with E-state index in [9.17, 15) is 19.5 Å². The molecule has 0 saturated carbocycles. The van der Waals surface area contributed by atoms with Gasteiger partial charge in [0, 0.05) is 18.6 Å². The molecule has 0 bridgehead atoms. The molecule has 2 amide bonds. The van der Waals surface area contributed by atoms with E-state index in [1.165, 1.54) is 6.92 Å². The summed E-state index contributed by atoms with van der Waals surface area (Å²) in [6, 6.07) is 14.7. The van der Waals surface area contributed by atoms with Gasteiger partial charge in [-0.3, -0.25) is 4.79 Å². The first-order valence-electron chi connectivity index (χ1n) is 8.70. The van der Waals surface area contributed by atoms with Gasteiger partial charge >= 0.3 is 12.1 Å². The van der Waals surface area contributed by atoms with Crippen molar-refractivity contribution in [2.75, 3.05) is 12.4 Å². The van der Waals surface area contributed by atoms with Crippen molar-refractivity contribution in [2.45, 2.75) is 18.9 Å². The number of benzene rings is 2. The fourth-order valence-electron chi connectivity index (χ4n) is 3.18. The van der Waals surface area contributed by atoms with Gasteiger partial charge in [-0.15, -0.1) is 0 Å². The van der Waals surface area contributed by atoms with E-state index in [1.54, 1.807) is 0 Å². The summed E-state index contributed by atoms with van der Waals surface area (Å²) in [6.07, 6.45) is -0.808. The quantitative estimate of drug-likeness (QED) is 0.618. The molecule has 0 unspecified atom stereocenters. The molecule has 0 heterocycles. The molecule has 0 saturated heterocycles. The first-order chi connectivity index (χ1) is 13.5. The van der Waals surface area contributed by atoms with Crippen LogP contribution in [0.1, 0.15) is 24.0 Å². The van der Waals surface area contributed by atoms with Gasteiger partial charge in [-0.1, -0.05) is 48.5 Å². The molecule has 0 fully saturated rings. The summed E-state index contributed by atoms with van der Waals surface area (Å²) in [6.45, 7) is 1.42. The maximum Gasteiger partial charge on any atom is 0.407 e. The van der Waals surface area contributed by atoms with Crippen LogP contribution in [0.4, 0.5) is 4.79 Å². The van der Waals surface area contributed by atoms with Crippen molar-refractivity contribution < 1.29 is 24.2 Å². The van der Waals surface area contributed by atoms with Gasteiger partial charge in [0.1, 0.15) is 12.6 Å². The number of aliphatic carboxylic acids is 1. The molecule has 3 N–H and O–H groups in total. The van der Waals surface area contributed by atoms with Gasteiger partial charge in [-0.25, -0.2) is 9.59 Å². The number of amides is 2. The summed E-state index contributed by atoms with van der Waals surface area (Å²) in [4.78, 5) is 34.3. The van der Waals surface area contributed by atoms with E-state index in [2.05, 4.69) is 10.0 Å². The van der Waals surface area contributed by atoms with Gasteiger partial charge in [0.05, 0.1) is 0 Å². The lowest BCUT2D eigenvalue weighted by molar-refractivity contribution is -0.138. The predicted molar refractivity (Wildman–Crippen MR) is 106 cm³/mol. The molecular weight excluding hydrogens is 380 g/mol. The van der Waals surface area contributed by atoms with Gasteiger partial charge in [0.2, 0.25) is 5.91 Å². The van der Waals surface area contributed by atoms with Crippen molar-refractivity contribution in [3.8, 4) is 11.1 Å². The van der Waals surface area contributed by atoms with Gasteiger partial charge < -0.3 is 19.9 Å². The summed E-state index contributed by atoms with van der Waals surface area (Å²) >= 11 is 0.914. The lowest BCUT2D eigenvalue weighted by Gasteiger charge is -2.17. The zero-order valence-corrected chi connectivity index (χ0v) is 16.0. The molecule has 1 atom stereocenters. The Bertz CT molecular complexity index is 856. The third kappa shape index (κ3) is 4.45. The second kappa shape index (κ2) is 8.79. The number of ether oxygens (including phenoxy) is 1. The van der Waals surface area contributed by atoms with Crippen LogP contribution >= 0.6 is 11.9 Å². The minimum absolute atomic E-state index is 0.0148. The number of carboxylic acids is 1. The molecule has 1 aliphatic rings. The van der Waals surface area contributed by atoms with Crippen LogP contribution in [0.5, 0.6) is 0 Å². The predicted octanol–water partition coefficient (Wildman–Crippen LogP) is 2.76. The highest BCUT2D eigenvalue weighted by Gasteiger charge is 2.29. The second-order valence-corrected chi connectivity index (χ2v) is 7.16. The molecule has 28 heavy (non-hydrogen) atoms. The number of rotatable bonds is 7. The Kier molecular flexibility index (Phi) is 6.20. The van der Waals surface area contributed by atoms with Gasteiger partial charge in [-0.05, 0) is 34.2 Å². The molecule has 2 aromatic rings. The number of fused-ring (bicyclic) bond motifs is 3. The second-order valence-electron chi connectivity index (χ2n) is 6.33. The molecule has 7 nitrogen and oxygen atoms in total. The van der Waals surface area contributed by atoms with E-state index in [0.29, 0.717) is 0 Å². The lowest BCUT2D eigenvalue weighted by Crippen LogP contribution is -2.43. The lowest BCUT2D eigenvalue weighted by atomic mass is 9.98. The Hall–Kier alpha value is -3.00. The van der Waals surface area contributed by atoms with Crippen LogP contribution in [-0.4, -0.2) is 41.5 Å². The molecule has 1 aliphatic carbocycles. The van der Waals surface area contributed by atoms with Crippen molar-refractivity contribution in [3.05, 3.63) is 59.7 Å². The SMILES string of the molecule is CC(=O)NSC[C@H](NC(=O)OCC1c2ccccc2-c2ccccc21)C(=O)O. The third-order valence-electron chi connectivity index (χ3n) is 4.40. The number of alkyl carbamates (subject to hydrolysis) is 1. The fraction of sp³-hybridized carbons (Fsp3) is 0.250. The molecule has 146 valence electrons. The molecule has 8 heteroatoms. The Labute approximate surface area is 166 Å². The average molecular weight is 400 g/mol. The summed E-state index contributed by atoms with van der Waals surface area (Å²) in [5, 5.41) is 11.6. The molecule has 0 aliphatic heterocycles. The van der Waals surface area contributed by atoms with Gasteiger partial charge in [0.25, 0.3) is 0 Å². The van der Waals surface area contributed by atoms with Crippen LogP contribution in [0.2, 0.25) is 0 Å². The normalized spacial score (nSPS) is 13.2. The molecular formula is C20H20N2O5S. The summed E-state index contributed by atoms with van der Waals surface area (Å²) in [5.41, 5.74) is 4.38. The molecule has 0 radical (unpaired) electrons. The maximum absolute atomic E-state index is 12.1. The number of carboxylic acid groups (broad SMARTS) is 1.